The van der Waals surface area contributed by atoms with Crippen molar-refractivity contribution in [1.82, 2.24) is 0 Å². The highest BCUT2D eigenvalue weighted by Gasteiger charge is 2.41. The van der Waals surface area contributed by atoms with Crippen LogP contribution in [0, 0.1) is 5.92 Å². The number of hydrogen-bond acceptors (Lipinski definition) is 2. The molecule has 0 N–H and O–H groups in total. The van der Waals surface area contributed by atoms with Gasteiger partial charge in [-0.3, -0.25) is 0 Å². The van der Waals surface area contributed by atoms with E-state index < -0.39 is 0 Å². The Hall–Kier alpha value is -0.0800. The minimum absolute atomic E-state index is 0.370. The molecule has 0 aromatic rings. The molecule has 2 heteroatoms. The minimum Gasteiger partial charge on any atom is -0.378 e. The first-order valence-corrected chi connectivity index (χ1v) is 5.04. The molecular weight excluding hydrogens is 152 g/mol. The van der Waals surface area contributed by atoms with E-state index in [1.807, 2.05) is 0 Å². The van der Waals surface area contributed by atoms with Gasteiger partial charge in [0, 0.05) is 12.5 Å². The second kappa shape index (κ2) is 3.35. The first-order valence-electron chi connectivity index (χ1n) is 5.04. The fraction of sp³-hybridized carbons (Fsp3) is 1.00. The summed E-state index contributed by atoms with van der Waals surface area (Å²) in [7, 11) is 0. The predicted octanol–water partition coefficient (Wildman–Crippen LogP) is 1.98. The van der Waals surface area contributed by atoms with E-state index in [1.165, 1.54) is 19.3 Å². The van der Waals surface area contributed by atoms with Crippen molar-refractivity contribution in [3.63, 3.8) is 0 Å². The Bertz CT molecular complexity index is 156. The van der Waals surface area contributed by atoms with Crippen LogP contribution in [0.15, 0.2) is 0 Å². The van der Waals surface area contributed by atoms with E-state index in [0.29, 0.717) is 24.2 Å². The van der Waals surface area contributed by atoms with Gasteiger partial charge in [0.25, 0.3) is 0 Å². The average Bonchev–Trinajstić information content (AvgIpc) is 2.52. The van der Waals surface area contributed by atoms with Crippen molar-refractivity contribution >= 4 is 0 Å². The minimum atomic E-state index is 0.370. The normalized spacial score (nSPS) is 40.8. The van der Waals surface area contributed by atoms with Crippen LogP contribution in [0.3, 0.4) is 0 Å². The van der Waals surface area contributed by atoms with Crippen molar-refractivity contribution in [3.8, 4) is 0 Å². The van der Waals surface area contributed by atoms with Crippen molar-refractivity contribution < 1.29 is 9.47 Å². The van der Waals surface area contributed by atoms with Gasteiger partial charge in [0.2, 0.25) is 0 Å². The SMILES string of the molecule is CC(C)O[C@H]1CC[C@H]2OCC[C@@H]12. The molecule has 0 radical (unpaired) electrons. The molecule has 3 atom stereocenters. The molecule has 0 spiro atoms. The molecular formula is C10H18O2. The first-order chi connectivity index (χ1) is 5.77. The summed E-state index contributed by atoms with van der Waals surface area (Å²) >= 11 is 0. The number of ether oxygens (including phenoxy) is 2. The highest BCUT2D eigenvalue weighted by Crippen LogP contribution is 2.38. The van der Waals surface area contributed by atoms with Crippen molar-refractivity contribution in [2.45, 2.75) is 51.4 Å². The topological polar surface area (TPSA) is 18.5 Å². The quantitative estimate of drug-likeness (QED) is 0.631. The lowest BCUT2D eigenvalue weighted by atomic mass is 10.0. The summed E-state index contributed by atoms with van der Waals surface area (Å²) in [4.78, 5) is 0. The molecule has 1 saturated heterocycles. The van der Waals surface area contributed by atoms with Gasteiger partial charge in [0.05, 0.1) is 18.3 Å². The molecule has 1 aliphatic heterocycles. The number of hydrogen-bond donors (Lipinski definition) is 0. The Kier molecular flexibility index (Phi) is 2.37. The third-order valence-electron chi connectivity index (χ3n) is 2.92. The molecule has 1 aliphatic carbocycles. The Labute approximate surface area is 74.2 Å². The summed E-state index contributed by atoms with van der Waals surface area (Å²) in [5.41, 5.74) is 0. The van der Waals surface area contributed by atoms with E-state index in [1.54, 1.807) is 0 Å². The van der Waals surface area contributed by atoms with Crippen LogP contribution in [-0.4, -0.2) is 24.9 Å². The molecule has 0 amide bonds. The van der Waals surface area contributed by atoms with Crippen LogP contribution in [0.25, 0.3) is 0 Å². The van der Waals surface area contributed by atoms with Crippen molar-refractivity contribution in [2.24, 2.45) is 5.92 Å². The van der Waals surface area contributed by atoms with Gasteiger partial charge < -0.3 is 9.47 Å². The maximum Gasteiger partial charge on any atom is 0.0633 e. The van der Waals surface area contributed by atoms with E-state index in [4.69, 9.17) is 9.47 Å². The molecule has 2 nitrogen and oxygen atoms in total. The molecule has 1 heterocycles. The number of fused-ring (bicyclic) bond motifs is 1. The summed E-state index contributed by atoms with van der Waals surface area (Å²) < 4.78 is 11.5. The number of rotatable bonds is 2. The maximum absolute atomic E-state index is 5.85. The van der Waals surface area contributed by atoms with Gasteiger partial charge in [-0.2, -0.15) is 0 Å². The van der Waals surface area contributed by atoms with Crippen LogP contribution >= 0.6 is 0 Å². The Morgan fingerprint density at radius 1 is 1.25 bits per heavy atom. The predicted molar refractivity (Wildman–Crippen MR) is 47.1 cm³/mol. The zero-order valence-corrected chi connectivity index (χ0v) is 7.95. The van der Waals surface area contributed by atoms with Gasteiger partial charge in [0.15, 0.2) is 0 Å². The lowest BCUT2D eigenvalue weighted by Gasteiger charge is -2.20. The molecule has 0 aromatic carbocycles. The van der Waals surface area contributed by atoms with Crippen LogP contribution < -0.4 is 0 Å². The van der Waals surface area contributed by atoms with Gasteiger partial charge in [-0.1, -0.05) is 0 Å². The molecule has 2 rings (SSSR count). The van der Waals surface area contributed by atoms with E-state index in [9.17, 15) is 0 Å². The van der Waals surface area contributed by atoms with Gasteiger partial charge in [-0.25, -0.2) is 0 Å². The zero-order chi connectivity index (χ0) is 8.55. The Balaban J connectivity index is 1.91. The Morgan fingerprint density at radius 2 is 2.08 bits per heavy atom. The summed E-state index contributed by atoms with van der Waals surface area (Å²) in [6.07, 6.45) is 5.00. The lowest BCUT2D eigenvalue weighted by Crippen LogP contribution is -2.24. The van der Waals surface area contributed by atoms with Gasteiger partial charge in [-0.05, 0) is 33.1 Å². The van der Waals surface area contributed by atoms with Crippen molar-refractivity contribution in [1.29, 1.82) is 0 Å². The van der Waals surface area contributed by atoms with E-state index >= 15 is 0 Å². The molecule has 2 aliphatic rings. The highest BCUT2D eigenvalue weighted by molar-refractivity contribution is 4.90. The third-order valence-corrected chi connectivity index (χ3v) is 2.92. The van der Waals surface area contributed by atoms with Gasteiger partial charge in [0.1, 0.15) is 0 Å². The van der Waals surface area contributed by atoms with Crippen LogP contribution in [0.4, 0.5) is 0 Å². The second-order valence-corrected chi connectivity index (χ2v) is 4.16. The summed E-state index contributed by atoms with van der Waals surface area (Å²) in [5.74, 6) is 0.701. The van der Waals surface area contributed by atoms with Crippen molar-refractivity contribution in [3.05, 3.63) is 0 Å². The fourth-order valence-electron chi connectivity index (χ4n) is 2.45. The van der Waals surface area contributed by atoms with Gasteiger partial charge in [-0.15, -0.1) is 0 Å². The molecule has 0 aromatic heterocycles. The molecule has 70 valence electrons. The molecule has 2 fully saturated rings. The molecule has 1 saturated carbocycles. The van der Waals surface area contributed by atoms with Gasteiger partial charge >= 0.3 is 0 Å². The van der Waals surface area contributed by atoms with Crippen LogP contribution in [0.1, 0.15) is 33.1 Å². The van der Waals surface area contributed by atoms with E-state index in [2.05, 4.69) is 13.8 Å². The average molecular weight is 170 g/mol. The van der Waals surface area contributed by atoms with Crippen LogP contribution in [-0.2, 0) is 9.47 Å². The molecule has 0 unspecified atom stereocenters. The smallest absolute Gasteiger partial charge is 0.0633 e. The maximum atomic E-state index is 5.85. The highest BCUT2D eigenvalue weighted by atomic mass is 16.5. The van der Waals surface area contributed by atoms with Crippen LogP contribution in [0.2, 0.25) is 0 Å². The summed E-state index contributed by atoms with van der Waals surface area (Å²) in [6, 6.07) is 0. The molecule has 12 heavy (non-hydrogen) atoms. The summed E-state index contributed by atoms with van der Waals surface area (Å²) in [6.45, 7) is 5.18. The third kappa shape index (κ3) is 1.50. The van der Waals surface area contributed by atoms with E-state index in [0.717, 1.165) is 6.61 Å². The lowest BCUT2D eigenvalue weighted by molar-refractivity contribution is -0.0174. The van der Waals surface area contributed by atoms with Crippen LogP contribution in [0.5, 0.6) is 0 Å². The van der Waals surface area contributed by atoms with E-state index in [-0.39, 0.29) is 0 Å². The Morgan fingerprint density at radius 3 is 2.83 bits per heavy atom. The fourth-order valence-corrected chi connectivity index (χ4v) is 2.45. The van der Waals surface area contributed by atoms with Crippen molar-refractivity contribution in [2.75, 3.05) is 6.61 Å². The second-order valence-electron chi connectivity index (χ2n) is 4.16. The zero-order valence-electron chi connectivity index (χ0n) is 7.95. The molecule has 0 bridgehead atoms. The standard InChI is InChI=1S/C10H18O2/c1-7(2)12-10-4-3-9-8(10)5-6-11-9/h7-10H,3-6H2,1-2H3/t8-,9-,10+/m1/s1. The first kappa shape index (κ1) is 8.52. The largest absolute Gasteiger partial charge is 0.378 e. The monoisotopic (exact) mass is 170 g/mol. The summed E-state index contributed by atoms with van der Waals surface area (Å²) in [5, 5.41) is 0.